The number of carbonyl (C=O) groups is 1. The van der Waals surface area contributed by atoms with Crippen LogP contribution in [0.4, 0.5) is 5.69 Å². The lowest BCUT2D eigenvalue weighted by Crippen LogP contribution is -2.45. The second-order valence-electron chi connectivity index (χ2n) is 6.39. The standard InChI is InChI=1S/C17H23N5OS/c1-11(2)8-19-16-21-22-15(10-20-17(22)24-16)9-18-14-6-4-5-13(7-14)12(3)23/h4-7,10-11,15,17-18H,8-9H2,1-3H3,(H,19,21). The van der Waals surface area contributed by atoms with Crippen molar-refractivity contribution in [3.05, 3.63) is 29.8 Å². The van der Waals surface area contributed by atoms with Crippen molar-refractivity contribution in [1.29, 1.82) is 0 Å². The minimum Gasteiger partial charge on any atom is -0.383 e. The van der Waals surface area contributed by atoms with Gasteiger partial charge in [-0.25, -0.2) is 0 Å². The van der Waals surface area contributed by atoms with Crippen LogP contribution in [0.5, 0.6) is 0 Å². The maximum atomic E-state index is 11.5. The van der Waals surface area contributed by atoms with Gasteiger partial charge in [0.05, 0.1) is 6.04 Å². The lowest BCUT2D eigenvalue weighted by Gasteiger charge is -2.22. The van der Waals surface area contributed by atoms with E-state index in [2.05, 4.69) is 39.6 Å². The van der Waals surface area contributed by atoms with Crippen LogP contribution >= 0.6 is 11.8 Å². The van der Waals surface area contributed by atoms with Crippen LogP contribution in [0.1, 0.15) is 31.1 Å². The first-order valence-electron chi connectivity index (χ1n) is 8.17. The van der Waals surface area contributed by atoms with Gasteiger partial charge in [-0.05, 0) is 36.7 Å². The van der Waals surface area contributed by atoms with E-state index in [-0.39, 0.29) is 17.3 Å². The molecule has 2 heterocycles. The van der Waals surface area contributed by atoms with Crippen LogP contribution in [0.15, 0.2) is 34.3 Å². The van der Waals surface area contributed by atoms with E-state index in [9.17, 15) is 4.79 Å². The maximum absolute atomic E-state index is 11.5. The summed E-state index contributed by atoms with van der Waals surface area (Å²) in [5.74, 6) is 0.620. The molecular weight excluding hydrogens is 322 g/mol. The molecular formula is C17H23N5OS. The van der Waals surface area contributed by atoms with Crippen LogP contribution in [-0.2, 0) is 0 Å². The average molecular weight is 345 g/mol. The number of nitrogens with one attached hydrogen (secondary N) is 2. The fraction of sp³-hybridized carbons (Fsp3) is 0.471. The van der Waals surface area contributed by atoms with Gasteiger partial charge in [0.2, 0.25) is 0 Å². The Kier molecular flexibility index (Phi) is 5.20. The van der Waals surface area contributed by atoms with E-state index in [1.165, 1.54) is 0 Å². The van der Waals surface area contributed by atoms with Crippen molar-refractivity contribution < 1.29 is 4.79 Å². The first kappa shape index (κ1) is 17.0. The van der Waals surface area contributed by atoms with Crippen molar-refractivity contribution in [2.24, 2.45) is 15.9 Å². The average Bonchev–Trinajstić information content (AvgIpc) is 3.11. The van der Waals surface area contributed by atoms with Crippen LogP contribution in [-0.4, -0.2) is 46.8 Å². The zero-order valence-electron chi connectivity index (χ0n) is 14.2. The molecule has 128 valence electrons. The highest BCUT2D eigenvalue weighted by Crippen LogP contribution is 2.29. The van der Waals surface area contributed by atoms with Gasteiger partial charge in [0.15, 0.2) is 16.4 Å². The van der Waals surface area contributed by atoms with Crippen molar-refractivity contribution >= 4 is 34.6 Å². The minimum absolute atomic E-state index is 0.0614. The summed E-state index contributed by atoms with van der Waals surface area (Å²) in [5.41, 5.74) is 5.08. The predicted molar refractivity (Wildman–Crippen MR) is 101 cm³/mol. The van der Waals surface area contributed by atoms with Gasteiger partial charge in [-0.15, -0.1) is 0 Å². The molecule has 2 N–H and O–H groups in total. The van der Waals surface area contributed by atoms with E-state index >= 15 is 0 Å². The first-order chi connectivity index (χ1) is 11.5. The smallest absolute Gasteiger partial charge is 0.174 e. The molecule has 2 unspecified atom stereocenters. The van der Waals surface area contributed by atoms with E-state index in [0.717, 1.165) is 23.0 Å². The Labute approximate surface area is 146 Å². The van der Waals surface area contributed by atoms with Gasteiger partial charge >= 0.3 is 0 Å². The quantitative estimate of drug-likeness (QED) is 0.776. The van der Waals surface area contributed by atoms with Crippen molar-refractivity contribution in [2.75, 3.05) is 18.4 Å². The number of fused-ring (bicyclic) bond motifs is 1. The number of Topliss-reactive ketones (excluding diaryl/α,β-unsaturated/α-hetero) is 1. The van der Waals surface area contributed by atoms with E-state index in [0.29, 0.717) is 12.5 Å². The third-order valence-electron chi connectivity index (χ3n) is 3.81. The largest absolute Gasteiger partial charge is 0.383 e. The molecule has 1 fully saturated rings. The third kappa shape index (κ3) is 3.96. The Hall–Kier alpha value is -1.86. The lowest BCUT2D eigenvalue weighted by molar-refractivity contribution is 0.101. The molecule has 6 nitrogen and oxygen atoms in total. The number of amidine groups is 1. The summed E-state index contributed by atoms with van der Waals surface area (Å²) in [6.07, 6.45) is 1.96. The number of aliphatic imine (C=N–C) groups is 2. The van der Waals surface area contributed by atoms with Gasteiger partial charge in [0.25, 0.3) is 0 Å². The molecule has 0 saturated carbocycles. The first-order valence-corrected chi connectivity index (χ1v) is 9.05. The van der Waals surface area contributed by atoms with E-state index in [1.54, 1.807) is 18.7 Å². The SMILES string of the molecule is CC(=O)c1cccc(NCC2C=NC3SC(=NCC(C)C)NN23)c1. The molecule has 1 aromatic carbocycles. The number of carbonyl (C=O) groups excluding carboxylic acids is 1. The topological polar surface area (TPSA) is 69.1 Å². The molecule has 0 aromatic heterocycles. The Morgan fingerprint density at radius 3 is 3.08 bits per heavy atom. The highest BCUT2D eigenvalue weighted by Gasteiger charge is 2.37. The summed E-state index contributed by atoms with van der Waals surface area (Å²) in [6, 6.07) is 7.72. The lowest BCUT2D eigenvalue weighted by atomic mass is 10.1. The molecule has 3 rings (SSSR count). The highest BCUT2D eigenvalue weighted by molar-refractivity contribution is 8.14. The second kappa shape index (κ2) is 7.36. The maximum Gasteiger partial charge on any atom is 0.174 e. The van der Waals surface area contributed by atoms with Crippen molar-refractivity contribution in [2.45, 2.75) is 32.3 Å². The Morgan fingerprint density at radius 2 is 2.33 bits per heavy atom. The van der Waals surface area contributed by atoms with Crippen molar-refractivity contribution in [1.82, 2.24) is 10.4 Å². The summed E-state index contributed by atoms with van der Waals surface area (Å²) >= 11 is 1.65. The Bertz CT molecular complexity index is 673. The number of thioether (sulfide) groups is 1. The van der Waals surface area contributed by atoms with Crippen molar-refractivity contribution in [3.63, 3.8) is 0 Å². The summed E-state index contributed by atoms with van der Waals surface area (Å²) in [7, 11) is 0. The predicted octanol–water partition coefficient (Wildman–Crippen LogP) is 2.60. The summed E-state index contributed by atoms with van der Waals surface area (Å²) in [6.45, 7) is 7.43. The van der Waals surface area contributed by atoms with Crippen molar-refractivity contribution in [3.8, 4) is 0 Å². The molecule has 1 saturated heterocycles. The Balaban J connectivity index is 1.57. The van der Waals surface area contributed by atoms with Gasteiger partial charge in [-0.3, -0.25) is 20.2 Å². The fourth-order valence-corrected chi connectivity index (χ4v) is 3.46. The summed E-state index contributed by atoms with van der Waals surface area (Å²) in [5, 5.41) is 6.44. The zero-order valence-corrected chi connectivity index (χ0v) is 15.0. The zero-order chi connectivity index (χ0) is 17.1. The van der Waals surface area contributed by atoms with E-state index in [4.69, 9.17) is 0 Å². The number of benzene rings is 1. The van der Waals surface area contributed by atoms with E-state index in [1.807, 2.05) is 30.5 Å². The minimum atomic E-state index is 0.0614. The molecule has 0 spiro atoms. The number of hydrogen-bond acceptors (Lipinski definition) is 6. The van der Waals surface area contributed by atoms with Gasteiger partial charge in [-0.1, -0.05) is 26.0 Å². The molecule has 0 bridgehead atoms. The van der Waals surface area contributed by atoms with Crippen LogP contribution < -0.4 is 10.7 Å². The number of hydrogen-bond donors (Lipinski definition) is 2. The van der Waals surface area contributed by atoms with Gasteiger partial charge in [0, 0.05) is 30.6 Å². The normalized spacial score (nSPS) is 24.4. The van der Waals surface area contributed by atoms with Crippen LogP contribution in [0.2, 0.25) is 0 Å². The molecule has 2 aliphatic heterocycles. The molecule has 0 radical (unpaired) electrons. The third-order valence-corrected chi connectivity index (χ3v) is 4.81. The number of ketones is 1. The van der Waals surface area contributed by atoms with E-state index < -0.39 is 0 Å². The second-order valence-corrected chi connectivity index (χ2v) is 7.43. The summed E-state index contributed by atoms with van der Waals surface area (Å²) in [4.78, 5) is 20.6. The number of rotatable bonds is 6. The molecule has 24 heavy (non-hydrogen) atoms. The number of hydrazine groups is 1. The fourth-order valence-electron chi connectivity index (χ4n) is 2.50. The van der Waals surface area contributed by atoms with Gasteiger partial charge in [-0.2, -0.15) is 5.01 Å². The monoisotopic (exact) mass is 345 g/mol. The van der Waals surface area contributed by atoms with Crippen LogP contribution in [0, 0.1) is 5.92 Å². The molecule has 2 aliphatic rings. The molecule has 2 atom stereocenters. The molecule has 1 aromatic rings. The number of anilines is 1. The molecule has 0 amide bonds. The van der Waals surface area contributed by atoms with Crippen LogP contribution in [0.25, 0.3) is 0 Å². The highest BCUT2D eigenvalue weighted by atomic mass is 32.2. The van der Waals surface area contributed by atoms with Crippen LogP contribution in [0.3, 0.4) is 0 Å². The number of nitrogens with zero attached hydrogens (tertiary/aromatic N) is 3. The van der Waals surface area contributed by atoms with Gasteiger partial charge < -0.3 is 5.32 Å². The molecule has 7 heteroatoms. The van der Waals surface area contributed by atoms with Gasteiger partial charge in [0.1, 0.15) is 0 Å². The Morgan fingerprint density at radius 1 is 1.50 bits per heavy atom. The molecule has 0 aliphatic carbocycles. The summed E-state index contributed by atoms with van der Waals surface area (Å²) < 4.78 is 0.